The van der Waals surface area contributed by atoms with Crippen LogP contribution in [0.4, 0.5) is 0 Å². The largest absolute Gasteiger partial charge is 0.481 e. The molecule has 1 heterocycles. The van der Waals surface area contributed by atoms with Gasteiger partial charge in [0.2, 0.25) is 0 Å². The lowest BCUT2D eigenvalue weighted by Crippen LogP contribution is -2.37. The predicted octanol–water partition coefficient (Wildman–Crippen LogP) is 1.05. The Hall–Kier alpha value is -1.14. The average Bonchev–Trinajstić information content (AvgIpc) is 2.35. The van der Waals surface area contributed by atoms with Crippen LogP contribution in [-0.4, -0.2) is 59.9 Å². The van der Waals surface area contributed by atoms with Crippen molar-refractivity contribution in [2.75, 3.05) is 32.8 Å². The average molecular weight is 273 g/mol. The van der Waals surface area contributed by atoms with Crippen molar-refractivity contribution in [3.8, 4) is 0 Å². The molecule has 110 valence electrons. The van der Waals surface area contributed by atoms with Crippen LogP contribution in [0.5, 0.6) is 0 Å². The minimum Gasteiger partial charge on any atom is -0.481 e. The van der Waals surface area contributed by atoms with Crippen molar-refractivity contribution in [2.24, 2.45) is 5.41 Å². The zero-order valence-corrected chi connectivity index (χ0v) is 11.4. The molecule has 6 heteroatoms. The highest BCUT2D eigenvalue weighted by Crippen LogP contribution is 2.28. The molecule has 1 unspecified atom stereocenters. The van der Waals surface area contributed by atoms with E-state index in [1.165, 1.54) is 6.92 Å². The van der Waals surface area contributed by atoms with E-state index in [4.69, 9.17) is 14.9 Å². The SMILES string of the molecule is CC(CCCCN1CCOCC1)(CC(=O)O)C(=O)O. The fraction of sp³-hybridized carbons (Fsp3) is 0.846. The summed E-state index contributed by atoms with van der Waals surface area (Å²) >= 11 is 0. The minimum atomic E-state index is -1.16. The van der Waals surface area contributed by atoms with Gasteiger partial charge in [0.15, 0.2) is 0 Å². The van der Waals surface area contributed by atoms with E-state index < -0.39 is 17.4 Å². The van der Waals surface area contributed by atoms with E-state index in [0.717, 1.165) is 45.7 Å². The summed E-state index contributed by atoms with van der Waals surface area (Å²) in [6, 6.07) is 0. The van der Waals surface area contributed by atoms with E-state index in [0.29, 0.717) is 6.42 Å². The monoisotopic (exact) mass is 273 g/mol. The van der Waals surface area contributed by atoms with Gasteiger partial charge in [-0.05, 0) is 26.3 Å². The summed E-state index contributed by atoms with van der Waals surface area (Å²) in [6.07, 6.45) is 1.70. The van der Waals surface area contributed by atoms with Gasteiger partial charge in [-0.1, -0.05) is 6.42 Å². The van der Waals surface area contributed by atoms with Crippen LogP contribution in [0.15, 0.2) is 0 Å². The summed E-state index contributed by atoms with van der Waals surface area (Å²) in [4.78, 5) is 24.2. The number of nitrogens with zero attached hydrogens (tertiary/aromatic N) is 1. The van der Waals surface area contributed by atoms with E-state index in [9.17, 15) is 9.59 Å². The molecule has 0 bridgehead atoms. The second kappa shape index (κ2) is 7.45. The van der Waals surface area contributed by atoms with Crippen molar-refractivity contribution in [1.29, 1.82) is 0 Å². The minimum absolute atomic E-state index is 0.320. The number of carboxylic acids is 2. The van der Waals surface area contributed by atoms with Gasteiger partial charge in [-0.15, -0.1) is 0 Å². The normalized spacial score (nSPS) is 19.8. The van der Waals surface area contributed by atoms with Crippen molar-refractivity contribution in [3.63, 3.8) is 0 Å². The molecular weight excluding hydrogens is 250 g/mol. The maximum absolute atomic E-state index is 11.2. The lowest BCUT2D eigenvalue weighted by molar-refractivity contribution is -0.155. The van der Waals surface area contributed by atoms with E-state index in [1.807, 2.05) is 0 Å². The molecule has 0 spiro atoms. The van der Waals surface area contributed by atoms with Gasteiger partial charge < -0.3 is 14.9 Å². The van der Waals surface area contributed by atoms with Crippen LogP contribution in [-0.2, 0) is 14.3 Å². The van der Waals surface area contributed by atoms with Crippen LogP contribution in [0.1, 0.15) is 32.6 Å². The molecule has 1 rings (SSSR count). The fourth-order valence-electron chi connectivity index (χ4n) is 2.28. The Balaban J connectivity index is 2.28. The van der Waals surface area contributed by atoms with Gasteiger partial charge in [0.25, 0.3) is 0 Å². The predicted molar refractivity (Wildman–Crippen MR) is 69.1 cm³/mol. The number of carboxylic acid groups (broad SMARTS) is 2. The summed E-state index contributed by atoms with van der Waals surface area (Å²) in [6.45, 7) is 5.79. The third kappa shape index (κ3) is 5.57. The van der Waals surface area contributed by atoms with Gasteiger partial charge in [0.1, 0.15) is 0 Å². The number of unbranched alkanes of at least 4 members (excludes halogenated alkanes) is 1. The molecule has 1 saturated heterocycles. The van der Waals surface area contributed by atoms with Crippen molar-refractivity contribution >= 4 is 11.9 Å². The third-order valence-electron chi connectivity index (χ3n) is 3.61. The summed E-state index contributed by atoms with van der Waals surface area (Å²) in [5.74, 6) is -2.08. The first-order valence-electron chi connectivity index (χ1n) is 6.69. The Bertz CT molecular complexity index is 314. The fourth-order valence-corrected chi connectivity index (χ4v) is 2.28. The topological polar surface area (TPSA) is 87.1 Å². The molecule has 1 fully saturated rings. The molecule has 19 heavy (non-hydrogen) atoms. The lowest BCUT2D eigenvalue weighted by Gasteiger charge is -2.27. The second-order valence-electron chi connectivity index (χ2n) is 5.35. The summed E-state index contributed by atoms with van der Waals surface area (Å²) in [5.41, 5.74) is -1.16. The second-order valence-corrected chi connectivity index (χ2v) is 5.35. The highest BCUT2D eigenvalue weighted by atomic mass is 16.5. The van der Waals surface area contributed by atoms with Crippen molar-refractivity contribution < 1.29 is 24.5 Å². The van der Waals surface area contributed by atoms with Crippen LogP contribution in [0, 0.1) is 5.41 Å². The molecular formula is C13H23NO5. The van der Waals surface area contributed by atoms with Crippen molar-refractivity contribution in [3.05, 3.63) is 0 Å². The quantitative estimate of drug-likeness (QED) is 0.643. The lowest BCUT2D eigenvalue weighted by atomic mass is 9.82. The van der Waals surface area contributed by atoms with Crippen molar-refractivity contribution in [2.45, 2.75) is 32.6 Å². The number of hydrogen-bond donors (Lipinski definition) is 2. The van der Waals surface area contributed by atoms with E-state index in [1.54, 1.807) is 0 Å². The Morgan fingerprint density at radius 2 is 1.84 bits per heavy atom. The van der Waals surface area contributed by atoms with E-state index >= 15 is 0 Å². The van der Waals surface area contributed by atoms with Gasteiger partial charge in [-0.3, -0.25) is 14.5 Å². The molecule has 0 aromatic carbocycles. The van der Waals surface area contributed by atoms with Gasteiger partial charge in [0.05, 0.1) is 25.0 Å². The molecule has 0 radical (unpaired) electrons. The van der Waals surface area contributed by atoms with Crippen LogP contribution in [0.3, 0.4) is 0 Å². The van der Waals surface area contributed by atoms with Crippen LogP contribution < -0.4 is 0 Å². The molecule has 0 aliphatic carbocycles. The zero-order chi connectivity index (χ0) is 14.3. The Morgan fingerprint density at radius 3 is 2.37 bits per heavy atom. The van der Waals surface area contributed by atoms with Gasteiger partial charge in [-0.2, -0.15) is 0 Å². The van der Waals surface area contributed by atoms with Crippen molar-refractivity contribution in [1.82, 2.24) is 4.90 Å². The molecule has 0 aromatic heterocycles. The number of rotatable bonds is 8. The Morgan fingerprint density at radius 1 is 1.21 bits per heavy atom. The van der Waals surface area contributed by atoms with Gasteiger partial charge in [0, 0.05) is 13.1 Å². The summed E-state index contributed by atoms with van der Waals surface area (Å²) < 4.78 is 5.25. The van der Waals surface area contributed by atoms with Crippen LogP contribution >= 0.6 is 0 Å². The Kier molecular flexibility index (Phi) is 6.24. The van der Waals surface area contributed by atoms with Crippen LogP contribution in [0.2, 0.25) is 0 Å². The highest BCUT2D eigenvalue weighted by Gasteiger charge is 2.35. The number of carbonyl (C=O) groups is 2. The molecule has 0 saturated carbocycles. The number of morpholine rings is 1. The molecule has 1 atom stereocenters. The summed E-state index contributed by atoms with van der Waals surface area (Å²) in [7, 11) is 0. The smallest absolute Gasteiger partial charge is 0.309 e. The molecule has 1 aliphatic rings. The number of aliphatic carboxylic acids is 2. The van der Waals surface area contributed by atoms with Gasteiger partial charge in [-0.25, -0.2) is 0 Å². The molecule has 2 N–H and O–H groups in total. The zero-order valence-electron chi connectivity index (χ0n) is 11.4. The highest BCUT2D eigenvalue weighted by molar-refractivity contribution is 5.80. The first-order valence-corrected chi connectivity index (χ1v) is 6.69. The number of hydrogen-bond acceptors (Lipinski definition) is 4. The molecule has 0 aromatic rings. The first kappa shape index (κ1) is 15.9. The van der Waals surface area contributed by atoms with Crippen LogP contribution in [0.25, 0.3) is 0 Å². The summed E-state index contributed by atoms with van der Waals surface area (Å²) in [5, 5.41) is 17.9. The Labute approximate surface area is 113 Å². The van der Waals surface area contributed by atoms with Gasteiger partial charge >= 0.3 is 11.9 Å². The maximum atomic E-state index is 11.2. The standard InChI is InChI=1S/C13H23NO5/c1-13(12(17)18,10-11(15)16)4-2-3-5-14-6-8-19-9-7-14/h2-10H2,1H3,(H,15,16)(H,17,18). The first-order chi connectivity index (χ1) is 8.94. The van der Waals surface area contributed by atoms with E-state index in [-0.39, 0.29) is 6.42 Å². The molecule has 1 aliphatic heterocycles. The molecule has 6 nitrogen and oxygen atoms in total. The maximum Gasteiger partial charge on any atom is 0.309 e. The number of ether oxygens (including phenoxy) is 1. The molecule has 0 amide bonds. The third-order valence-corrected chi connectivity index (χ3v) is 3.61. The van der Waals surface area contributed by atoms with E-state index in [2.05, 4.69) is 4.90 Å².